The molecule has 100 valence electrons. The minimum atomic E-state index is 0.817. The maximum absolute atomic E-state index is 3.94. The molecule has 0 bridgehead atoms. The van der Waals surface area contributed by atoms with E-state index in [2.05, 4.69) is 33.4 Å². The highest BCUT2D eigenvalue weighted by atomic mass is 14.3. The van der Waals surface area contributed by atoms with Gasteiger partial charge in [0.05, 0.1) is 0 Å². The summed E-state index contributed by atoms with van der Waals surface area (Å²) in [5, 5.41) is 0. The van der Waals surface area contributed by atoms with E-state index in [1.54, 1.807) is 0 Å². The molecule has 0 aromatic rings. The molecule has 1 unspecified atom stereocenters. The molecule has 0 radical (unpaired) electrons. The van der Waals surface area contributed by atoms with Crippen molar-refractivity contribution in [1.82, 2.24) is 0 Å². The van der Waals surface area contributed by atoms with Crippen LogP contribution in [-0.4, -0.2) is 0 Å². The zero-order valence-electron chi connectivity index (χ0n) is 12.3. The smallest absolute Gasteiger partial charge is 0.0236 e. The average Bonchev–Trinajstić information content (AvgIpc) is 2.39. The van der Waals surface area contributed by atoms with Crippen molar-refractivity contribution < 1.29 is 0 Å². The highest BCUT2D eigenvalue weighted by Gasteiger charge is 2.23. The lowest BCUT2D eigenvalue weighted by Crippen LogP contribution is -2.19. The topological polar surface area (TPSA) is 0 Å². The fraction of sp³-hybridized carbons (Fsp3) is 0.882. The molecule has 1 rings (SSSR count). The minimum absolute atomic E-state index is 0.817. The zero-order valence-corrected chi connectivity index (χ0v) is 12.3. The fourth-order valence-corrected chi connectivity index (χ4v) is 3.38. The van der Waals surface area contributed by atoms with Crippen LogP contribution in [0.2, 0.25) is 0 Å². The molecule has 0 heteroatoms. The molecule has 0 amide bonds. The molecular formula is C17H32. The molecular weight excluding hydrogens is 204 g/mol. The second kappa shape index (κ2) is 7.95. The van der Waals surface area contributed by atoms with E-state index in [4.69, 9.17) is 0 Å². The van der Waals surface area contributed by atoms with Gasteiger partial charge in [0.1, 0.15) is 0 Å². The van der Waals surface area contributed by atoms with Crippen molar-refractivity contribution in [2.45, 2.75) is 72.1 Å². The van der Waals surface area contributed by atoms with Gasteiger partial charge in [0.2, 0.25) is 0 Å². The number of allylic oxidation sites excluding steroid dienone is 1. The summed E-state index contributed by atoms with van der Waals surface area (Å²) in [4.78, 5) is 0. The van der Waals surface area contributed by atoms with Crippen LogP contribution < -0.4 is 0 Å². The zero-order chi connectivity index (χ0) is 12.7. The lowest BCUT2D eigenvalue weighted by atomic mass is 9.74. The maximum atomic E-state index is 3.94. The predicted octanol–water partition coefficient (Wildman–Crippen LogP) is 5.83. The lowest BCUT2D eigenvalue weighted by molar-refractivity contribution is 0.215. The number of hydrogen-bond acceptors (Lipinski definition) is 0. The van der Waals surface area contributed by atoms with Gasteiger partial charge in [0.15, 0.2) is 0 Å². The summed E-state index contributed by atoms with van der Waals surface area (Å²) in [5.74, 6) is 3.74. The predicted molar refractivity (Wildman–Crippen MR) is 78.1 cm³/mol. The Morgan fingerprint density at radius 1 is 1.06 bits per heavy atom. The lowest BCUT2D eigenvalue weighted by Gasteiger charge is -2.31. The summed E-state index contributed by atoms with van der Waals surface area (Å²) in [6.07, 6.45) is 13.5. The van der Waals surface area contributed by atoms with E-state index in [9.17, 15) is 0 Å². The van der Waals surface area contributed by atoms with E-state index in [-0.39, 0.29) is 0 Å². The first-order valence-corrected chi connectivity index (χ1v) is 7.83. The third kappa shape index (κ3) is 4.85. The fourth-order valence-electron chi connectivity index (χ4n) is 3.38. The van der Waals surface area contributed by atoms with Crippen molar-refractivity contribution >= 4 is 0 Å². The third-order valence-electron chi connectivity index (χ3n) is 5.14. The number of hydrogen-bond donors (Lipinski definition) is 0. The third-order valence-corrected chi connectivity index (χ3v) is 5.14. The Hall–Kier alpha value is -0.260. The Labute approximate surface area is 109 Å². The molecule has 1 aliphatic carbocycles. The van der Waals surface area contributed by atoms with Crippen LogP contribution in [0.4, 0.5) is 0 Å². The van der Waals surface area contributed by atoms with E-state index < -0.39 is 0 Å². The van der Waals surface area contributed by atoms with Crippen LogP contribution >= 0.6 is 0 Å². The molecule has 0 aliphatic heterocycles. The summed E-state index contributed by atoms with van der Waals surface area (Å²) < 4.78 is 0. The normalized spacial score (nSPS) is 27.1. The van der Waals surface area contributed by atoms with Gasteiger partial charge in [0.25, 0.3) is 0 Å². The van der Waals surface area contributed by atoms with Gasteiger partial charge < -0.3 is 0 Å². The van der Waals surface area contributed by atoms with Gasteiger partial charge in [0, 0.05) is 0 Å². The van der Waals surface area contributed by atoms with Gasteiger partial charge in [-0.1, -0.05) is 52.5 Å². The van der Waals surface area contributed by atoms with Crippen LogP contribution in [0.3, 0.4) is 0 Å². The van der Waals surface area contributed by atoms with Crippen molar-refractivity contribution in [2.75, 3.05) is 0 Å². The van der Waals surface area contributed by atoms with Gasteiger partial charge in [-0.2, -0.15) is 0 Å². The SMILES string of the molecule is C=CC1CCC(C(C)CCC(CC)CC)CC1. The van der Waals surface area contributed by atoms with Gasteiger partial charge in [-0.15, -0.1) is 6.58 Å². The first-order valence-electron chi connectivity index (χ1n) is 7.83. The van der Waals surface area contributed by atoms with Crippen molar-refractivity contribution in [1.29, 1.82) is 0 Å². The molecule has 1 fully saturated rings. The Morgan fingerprint density at radius 2 is 1.65 bits per heavy atom. The first kappa shape index (κ1) is 14.8. The quantitative estimate of drug-likeness (QED) is 0.488. The van der Waals surface area contributed by atoms with Gasteiger partial charge >= 0.3 is 0 Å². The molecule has 0 spiro atoms. The van der Waals surface area contributed by atoms with Crippen molar-refractivity contribution in [3.8, 4) is 0 Å². The van der Waals surface area contributed by atoms with E-state index in [1.807, 2.05) is 0 Å². The largest absolute Gasteiger partial charge is 0.103 e. The highest BCUT2D eigenvalue weighted by Crippen LogP contribution is 2.36. The highest BCUT2D eigenvalue weighted by molar-refractivity contribution is 4.85. The standard InChI is InChI=1S/C17H32/c1-5-15(6-2)9-8-14(4)17-12-10-16(7-3)11-13-17/h7,14-17H,3,5-6,8-13H2,1-2,4H3. The molecule has 17 heavy (non-hydrogen) atoms. The Bertz CT molecular complexity index is 194. The Balaban J connectivity index is 2.24. The molecule has 0 nitrogen and oxygen atoms in total. The van der Waals surface area contributed by atoms with E-state index in [0.29, 0.717) is 0 Å². The maximum Gasteiger partial charge on any atom is -0.0236 e. The number of rotatable bonds is 7. The van der Waals surface area contributed by atoms with Crippen LogP contribution in [0.5, 0.6) is 0 Å². The second-order valence-corrected chi connectivity index (χ2v) is 6.15. The summed E-state index contributed by atoms with van der Waals surface area (Å²) in [6.45, 7) is 11.1. The van der Waals surface area contributed by atoms with Gasteiger partial charge in [-0.25, -0.2) is 0 Å². The summed E-state index contributed by atoms with van der Waals surface area (Å²) >= 11 is 0. The van der Waals surface area contributed by atoms with Gasteiger partial charge in [-0.05, 0) is 49.4 Å². The Kier molecular flexibility index (Phi) is 6.92. The molecule has 1 atom stereocenters. The Morgan fingerprint density at radius 3 is 2.12 bits per heavy atom. The molecule has 0 aromatic carbocycles. The van der Waals surface area contributed by atoms with E-state index >= 15 is 0 Å². The van der Waals surface area contributed by atoms with Crippen molar-refractivity contribution in [3.05, 3.63) is 12.7 Å². The molecule has 0 N–H and O–H groups in total. The average molecular weight is 236 g/mol. The van der Waals surface area contributed by atoms with Crippen LogP contribution in [0.1, 0.15) is 72.1 Å². The van der Waals surface area contributed by atoms with Crippen LogP contribution in [0, 0.1) is 23.7 Å². The monoisotopic (exact) mass is 236 g/mol. The van der Waals surface area contributed by atoms with E-state index in [1.165, 1.54) is 51.4 Å². The molecule has 1 aliphatic rings. The molecule has 0 aromatic heterocycles. The summed E-state index contributed by atoms with van der Waals surface area (Å²) in [5.41, 5.74) is 0. The minimum Gasteiger partial charge on any atom is -0.103 e. The van der Waals surface area contributed by atoms with E-state index in [0.717, 1.165) is 23.7 Å². The second-order valence-electron chi connectivity index (χ2n) is 6.15. The first-order chi connectivity index (χ1) is 8.21. The van der Waals surface area contributed by atoms with Crippen LogP contribution in [-0.2, 0) is 0 Å². The van der Waals surface area contributed by atoms with Crippen molar-refractivity contribution in [2.24, 2.45) is 23.7 Å². The molecule has 0 saturated heterocycles. The molecule has 1 saturated carbocycles. The summed E-state index contributed by atoms with van der Waals surface area (Å²) in [7, 11) is 0. The molecule has 0 heterocycles. The summed E-state index contributed by atoms with van der Waals surface area (Å²) in [6, 6.07) is 0. The van der Waals surface area contributed by atoms with Crippen LogP contribution in [0.15, 0.2) is 12.7 Å². The van der Waals surface area contributed by atoms with Crippen LogP contribution in [0.25, 0.3) is 0 Å². The van der Waals surface area contributed by atoms with Gasteiger partial charge in [-0.3, -0.25) is 0 Å². The van der Waals surface area contributed by atoms with Crippen molar-refractivity contribution in [3.63, 3.8) is 0 Å².